The first-order valence-corrected chi connectivity index (χ1v) is 8.35. The minimum atomic E-state index is 0.104. The van der Waals surface area contributed by atoms with Gasteiger partial charge in [-0.3, -0.25) is 4.79 Å². The summed E-state index contributed by atoms with van der Waals surface area (Å²) in [5.74, 6) is 1.94. The van der Waals surface area contributed by atoms with Gasteiger partial charge in [0.15, 0.2) is 12.3 Å². The number of fused-ring (bicyclic) bond motifs is 1. The molecule has 2 aromatic rings. The molecule has 4 nitrogen and oxygen atoms in total. The van der Waals surface area contributed by atoms with E-state index in [4.69, 9.17) is 4.42 Å². The maximum absolute atomic E-state index is 12.4. The Labute approximate surface area is 137 Å². The maximum Gasteiger partial charge on any atom is 0.275 e. The molecule has 1 aromatic carbocycles. The molecule has 1 amide bonds. The van der Waals surface area contributed by atoms with Crippen LogP contribution in [0.5, 0.6) is 0 Å². The van der Waals surface area contributed by atoms with Gasteiger partial charge in [-0.25, -0.2) is 0 Å². The van der Waals surface area contributed by atoms with Crippen LogP contribution in [0.4, 0.5) is 0 Å². The monoisotopic (exact) mass is 313 g/mol. The molecular weight excluding hydrogens is 288 g/mol. The third kappa shape index (κ3) is 4.02. The summed E-state index contributed by atoms with van der Waals surface area (Å²) in [6.45, 7) is 3.12. The molecule has 4 heteroatoms. The standard InChI is InChI=1S/C19H24N2O2/c1-14-10-11-16(23-14)12-21(2)13-19(22)20-18-9-5-7-15-6-3-4-8-17(15)18/h3-4,6,8,10-11,18H,5,7,9,12-13H2,1-2H3,(H,20,22)/p+1/t18-/m1/s1. The predicted octanol–water partition coefficient (Wildman–Crippen LogP) is 1.80. The average Bonchev–Trinajstić information content (AvgIpc) is 2.92. The number of rotatable bonds is 5. The number of quaternary nitrogens is 1. The van der Waals surface area contributed by atoms with Crippen molar-refractivity contribution in [3.05, 3.63) is 59.0 Å². The number of aryl methyl sites for hydroxylation is 2. The summed E-state index contributed by atoms with van der Waals surface area (Å²) in [6.07, 6.45) is 3.28. The van der Waals surface area contributed by atoms with Gasteiger partial charge in [0.1, 0.15) is 12.3 Å². The molecule has 23 heavy (non-hydrogen) atoms. The van der Waals surface area contributed by atoms with Crippen LogP contribution < -0.4 is 10.2 Å². The zero-order valence-corrected chi connectivity index (χ0v) is 13.9. The van der Waals surface area contributed by atoms with Crippen molar-refractivity contribution in [2.24, 2.45) is 0 Å². The summed E-state index contributed by atoms with van der Waals surface area (Å²) in [4.78, 5) is 13.5. The van der Waals surface area contributed by atoms with Crippen molar-refractivity contribution in [3.8, 4) is 0 Å². The second-order valence-electron chi connectivity index (χ2n) is 6.53. The average molecular weight is 313 g/mol. The Morgan fingerprint density at radius 1 is 1.30 bits per heavy atom. The third-order valence-electron chi connectivity index (χ3n) is 4.44. The zero-order valence-electron chi connectivity index (χ0n) is 13.9. The number of carbonyl (C=O) groups is 1. The lowest BCUT2D eigenvalue weighted by molar-refractivity contribution is -0.886. The Bertz CT molecular complexity index is 678. The van der Waals surface area contributed by atoms with Crippen LogP contribution in [0.15, 0.2) is 40.8 Å². The molecule has 122 valence electrons. The fraction of sp³-hybridized carbons (Fsp3) is 0.421. The molecule has 0 bridgehead atoms. The molecule has 1 unspecified atom stereocenters. The number of hydrogen-bond donors (Lipinski definition) is 2. The summed E-state index contributed by atoms with van der Waals surface area (Å²) in [7, 11) is 2.02. The lowest BCUT2D eigenvalue weighted by atomic mass is 9.88. The summed E-state index contributed by atoms with van der Waals surface area (Å²) in [5, 5.41) is 3.21. The van der Waals surface area contributed by atoms with Gasteiger partial charge in [0.25, 0.3) is 5.91 Å². The largest absolute Gasteiger partial charge is 0.460 e. The number of benzene rings is 1. The van der Waals surface area contributed by atoms with Crippen LogP contribution in [-0.2, 0) is 17.8 Å². The van der Waals surface area contributed by atoms with E-state index < -0.39 is 0 Å². The van der Waals surface area contributed by atoms with E-state index in [1.807, 2.05) is 26.1 Å². The fourth-order valence-corrected chi connectivity index (χ4v) is 3.36. The number of hydrogen-bond acceptors (Lipinski definition) is 2. The molecule has 0 fully saturated rings. The molecule has 3 rings (SSSR count). The van der Waals surface area contributed by atoms with E-state index in [0.717, 1.165) is 42.2 Å². The van der Waals surface area contributed by atoms with Crippen LogP contribution in [0.2, 0.25) is 0 Å². The minimum absolute atomic E-state index is 0.104. The summed E-state index contributed by atoms with van der Waals surface area (Å²) >= 11 is 0. The van der Waals surface area contributed by atoms with Gasteiger partial charge in [0.05, 0.1) is 13.1 Å². The lowest BCUT2D eigenvalue weighted by Crippen LogP contribution is -3.08. The van der Waals surface area contributed by atoms with E-state index in [-0.39, 0.29) is 11.9 Å². The SMILES string of the molecule is Cc1ccc(C[NH+](C)CC(=O)N[C@@H]2CCCc3ccccc32)o1. The van der Waals surface area contributed by atoms with E-state index >= 15 is 0 Å². The quantitative estimate of drug-likeness (QED) is 0.884. The lowest BCUT2D eigenvalue weighted by Gasteiger charge is -2.26. The Morgan fingerprint density at radius 2 is 2.13 bits per heavy atom. The molecule has 1 aromatic heterocycles. The molecule has 0 aliphatic heterocycles. The maximum atomic E-state index is 12.4. The zero-order chi connectivity index (χ0) is 16.2. The summed E-state index contributed by atoms with van der Waals surface area (Å²) in [6, 6.07) is 12.5. The second kappa shape index (κ2) is 7.01. The van der Waals surface area contributed by atoms with Gasteiger partial charge < -0.3 is 14.6 Å². The second-order valence-corrected chi connectivity index (χ2v) is 6.53. The van der Waals surface area contributed by atoms with E-state index in [1.54, 1.807) is 0 Å². The molecule has 1 aliphatic carbocycles. The van der Waals surface area contributed by atoms with Crippen LogP contribution in [0.1, 0.15) is 41.5 Å². The highest BCUT2D eigenvalue weighted by atomic mass is 16.3. The predicted molar refractivity (Wildman–Crippen MR) is 89.2 cm³/mol. The van der Waals surface area contributed by atoms with Crippen molar-refractivity contribution < 1.29 is 14.1 Å². The molecular formula is C19H25N2O2+. The van der Waals surface area contributed by atoms with Crippen LogP contribution in [0.3, 0.4) is 0 Å². The molecule has 2 N–H and O–H groups in total. The van der Waals surface area contributed by atoms with E-state index in [9.17, 15) is 4.79 Å². The van der Waals surface area contributed by atoms with E-state index in [0.29, 0.717) is 6.54 Å². The van der Waals surface area contributed by atoms with Gasteiger partial charge in [0.2, 0.25) is 0 Å². The topological polar surface area (TPSA) is 46.7 Å². The Morgan fingerprint density at radius 3 is 2.91 bits per heavy atom. The first-order valence-electron chi connectivity index (χ1n) is 8.35. The van der Waals surface area contributed by atoms with Crippen LogP contribution >= 0.6 is 0 Å². The van der Waals surface area contributed by atoms with Crippen molar-refractivity contribution in [3.63, 3.8) is 0 Å². The first kappa shape index (κ1) is 15.8. The molecule has 0 saturated heterocycles. The smallest absolute Gasteiger partial charge is 0.275 e. The van der Waals surface area contributed by atoms with Crippen molar-refractivity contribution in [2.45, 2.75) is 38.8 Å². The molecule has 1 heterocycles. The highest BCUT2D eigenvalue weighted by Gasteiger charge is 2.22. The number of carbonyl (C=O) groups excluding carboxylic acids is 1. The summed E-state index contributed by atoms with van der Waals surface area (Å²) < 4.78 is 5.58. The van der Waals surface area contributed by atoms with Gasteiger partial charge in [-0.05, 0) is 49.4 Å². The number of furan rings is 1. The number of amides is 1. The van der Waals surface area contributed by atoms with Gasteiger partial charge in [-0.2, -0.15) is 0 Å². The van der Waals surface area contributed by atoms with Gasteiger partial charge in [-0.1, -0.05) is 24.3 Å². The van der Waals surface area contributed by atoms with Gasteiger partial charge in [0, 0.05) is 0 Å². The first-order chi connectivity index (χ1) is 11.1. The third-order valence-corrected chi connectivity index (χ3v) is 4.44. The van der Waals surface area contributed by atoms with Crippen LogP contribution in [-0.4, -0.2) is 19.5 Å². The van der Waals surface area contributed by atoms with Crippen LogP contribution in [0.25, 0.3) is 0 Å². The minimum Gasteiger partial charge on any atom is -0.460 e. The van der Waals surface area contributed by atoms with Crippen molar-refractivity contribution >= 4 is 5.91 Å². The number of likely N-dealkylation sites (N-methyl/N-ethyl adjacent to an activating group) is 1. The Balaban J connectivity index is 1.55. The van der Waals surface area contributed by atoms with Crippen molar-refractivity contribution in [1.82, 2.24) is 5.32 Å². The molecule has 0 spiro atoms. The number of nitrogens with one attached hydrogen (secondary N) is 2. The summed E-state index contributed by atoms with van der Waals surface area (Å²) in [5.41, 5.74) is 2.65. The van der Waals surface area contributed by atoms with Gasteiger partial charge in [-0.15, -0.1) is 0 Å². The Kier molecular flexibility index (Phi) is 4.82. The van der Waals surface area contributed by atoms with E-state index in [2.05, 4.69) is 29.6 Å². The highest BCUT2D eigenvalue weighted by molar-refractivity contribution is 5.77. The fourth-order valence-electron chi connectivity index (χ4n) is 3.36. The van der Waals surface area contributed by atoms with Gasteiger partial charge >= 0.3 is 0 Å². The molecule has 0 saturated carbocycles. The van der Waals surface area contributed by atoms with Crippen molar-refractivity contribution in [1.29, 1.82) is 0 Å². The molecule has 2 atom stereocenters. The Hall–Kier alpha value is -2.07. The molecule has 1 aliphatic rings. The van der Waals surface area contributed by atoms with E-state index in [1.165, 1.54) is 11.1 Å². The molecule has 0 radical (unpaired) electrons. The normalized spacial score (nSPS) is 18.3. The highest BCUT2D eigenvalue weighted by Crippen LogP contribution is 2.29. The van der Waals surface area contributed by atoms with Crippen LogP contribution in [0, 0.1) is 6.92 Å². The van der Waals surface area contributed by atoms with Crippen molar-refractivity contribution in [2.75, 3.05) is 13.6 Å².